The number of carboxylic acids is 1. The Morgan fingerprint density at radius 2 is 1.83 bits per heavy atom. The molecule has 0 aliphatic carbocycles. The third-order valence-corrected chi connectivity index (χ3v) is 6.08. The lowest BCUT2D eigenvalue weighted by molar-refractivity contribution is -0.145. The van der Waals surface area contributed by atoms with Crippen LogP contribution in [0.4, 0.5) is 0 Å². The smallest absolute Gasteiger partial charge is 0.326 e. The van der Waals surface area contributed by atoms with Crippen LogP contribution in [0.3, 0.4) is 0 Å². The fourth-order valence-corrected chi connectivity index (χ4v) is 4.46. The largest absolute Gasteiger partial charge is 0.494 e. The molecule has 1 N–H and O–H groups in total. The van der Waals surface area contributed by atoms with Crippen LogP contribution in [0.25, 0.3) is 6.08 Å². The number of ether oxygens (including phenoxy) is 1. The molecule has 0 saturated carbocycles. The number of thiocarbonyl (C=S) groups is 1. The van der Waals surface area contributed by atoms with Crippen molar-refractivity contribution < 1.29 is 19.4 Å². The van der Waals surface area contributed by atoms with Crippen LogP contribution in [0.5, 0.6) is 5.75 Å². The summed E-state index contributed by atoms with van der Waals surface area (Å²) >= 11 is 6.37. The molecule has 1 aliphatic heterocycles. The van der Waals surface area contributed by atoms with E-state index in [1.54, 1.807) is 13.0 Å². The number of unbranched alkanes of at least 4 members (excludes halogenated alkanes) is 5. The molecule has 1 amide bonds. The zero-order chi connectivity index (χ0) is 21.2. The zero-order valence-corrected chi connectivity index (χ0v) is 18.7. The van der Waals surface area contributed by atoms with Crippen LogP contribution >= 0.6 is 24.0 Å². The van der Waals surface area contributed by atoms with Gasteiger partial charge in [-0.3, -0.25) is 9.69 Å². The molecule has 0 unspecified atom stereocenters. The van der Waals surface area contributed by atoms with Gasteiger partial charge in [0.2, 0.25) is 0 Å². The SMILES string of the molecule is CCCCCCCCOc1ccc(/C=C2\SC(=S)N([C@@H](CC)C(=O)O)C2=O)cc1. The minimum absolute atomic E-state index is 0.286. The molecule has 1 aromatic rings. The van der Waals surface area contributed by atoms with Crippen LogP contribution in [-0.2, 0) is 9.59 Å². The lowest BCUT2D eigenvalue weighted by atomic mass is 10.1. The van der Waals surface area contributed by atoms with E-state index in [0.29, 0.717) is 17.9 Å². The molecular formula is C22H29NO4S2. The number of hydrogen-bond donors (Lipinski definition) is 1. The topological polar surface area (TPSA) is 66.8 Å². The van der Waals surface area contributed by atoms with Crippen LogP contribution in [0, 0.1) is 0 Å². The van der Waals surface area contributed by atoms with E-state index in [1.165, 1.54) is 37.0 Å². The molecule has 1 fully saturated rings. The Morgan fingerprint density at radius 3 is 2.45 bits per heavy atom. The average molecular weight is 436 g/mol. The van der Waals surface area contributed by atoms with Crippen molar-refractivity contribution in [3.63, 3.8) is 0 Å². The number of thioether (sulfide) groups is 1. The van der Waals surface area contributed by atoms with Crippen LogP contribution in [0.15, 0.2) is 29.2 Å². The third-order valence-electron chi connectivity index (χ3n) is 4.75. The van der Waals surface area contributed by atoms with Gasteiger partial charge in [-0.2, -0.15) is 0 Å². The third kappa shape index (κ3) is 6.85. The van der Waals surface area contributed by atoms with Crippen molar-refractivity contribution in [3.05, 3.63) is 34.7 Å². The summed E-state index contributed by atoms with van der Waals surface area (Å²) in [7, 11) is 0. The summed E-state index contributed by atoms with van der Waals surface area (Å²) in [6.45, 7) is 4.65. The van der Waals surface area contributed by atoms with Crippen LogP contribution in [0.2, 0.25) is 0 Å². The lowest BCUT2D eigenvalue weighted by Gasteiger charge is -2.21. The van der Waals surface area contributed by atoms with Crippen LogP contribution in [-0.4, -0.2) is 38.9 Å². The molecule has 2 rings (SSSR count). The molecule has 1 aromatic carbocycles. The molecule has 1 saturated heterocycles. The molecule has 7 heteroatoms. The predicted octanol–water partition coefficient (Wildman–Crippen LogP) is 5.49. The summed E-state index contributed by atoms with van der Waals surface area (Å²) in [5, 5.41) is 9.32. The van der Waals surface area contributed by atoms with Gasteiger partial charge in [0.25, 0.3) is 5.91 Å². The second-order valence-corrected chi connectivity index (χ2v) is 8.68. The van der Waals surface area contributed by atoms with Gasteiger partial charge in [-0.05, 0) is 36.6 Å². The van der Waals surface area contributed by atoms with Crippen LogP contribution < -0.4 is 4.74 Å². The van der Waals surface area contributed by atoms with E-state index < -0.39 is 12.0 Å². The Morgan fingerprint density at radius 1 is 1.17 bits per heavy atom. The first-order chi connectivity index (χ1) is 14.0. The molecule has 0 radical (unpaired) electrons. The van der Waals surface area contributed by atoms with Crippen molar-refractivity contribution in [2.75, 3.05) is 6.61 Å². The number of amides is 1. The summed E-state index contributed by atoms with van der Waals surface area (Å²) in [5.41, 5.74) is 0.848. The zero-order valence-electron chi connectivity index (χ0n) is 17.1. The van der Waals surface area contributed by atoms with E-state index >= 15 is 0 Å². The number of carbonyl (C=O) groups excluding carboxylic acids is 1. The fourth-order valence-electron chi connectivity index (χ4n) is 3.10. The predicted molar refractivity (Wildman–Crippen MR) is 122 cm³/mol. The Bertz CT molecular complexity index is 746. The van der Waals surface area contributed by atoms with Gasteiger partial charge in [-0.1, -0.05) is 82.1 Å². The highest BCUT2D eigenvalue weighted by atomic mass is 32.2. The van der Waals surface area contributed by atoms with Crippen molar-refractivity contribution in [1.29, 1.82) is 0 Å². The maximum Gasteiger partial charge on any atom is 0.326 e. The van der Waals surface area contributed by atoms with Gasteiger partial charge in [0.15, 0.2) is 0 Å². The molecule has 0 spiro atoms. The Hall–Kier alpha value is -1.86. The fraction of sp³-hybridized carbons (Fsp3) is 0.500. The van der Waals surface area contributed by atoms with Gasteiger partial charge in [-0.15, -0.1) is 0 Å². The lowest BCUT2D eigenvalue weighted by Crippen LogP contribution is -2.43. The number of nitrogens with zero attached hydrogens (tertiary/aromatic N) is 1. The molecule has 1 atom stereocenters. The highest BCUT2D eigenvalue weighted by Gasteiger charge is 2.39. The van der Waals surface area contributed by atoms with Crippen LogP contribution in [0.1, 0.15) is 64.4 Å². The molecule has 1 aliphatic rings. The van der Waals surface area contributed by atoms with E-state index in [9.17, 15) is 14.7 Å². The highest BCUT2D eigenvalue weighted by Crippen LogP contribution is 2.34. The number of carbonyl (C=O) groups is 2. The number of hydrogen-bond acceptors (Lipinski definition) is 5. The van der Waals surface area contributed by atoms with Gasteiger partial charge in [0, 0.05) is 0 Å². The van der Waals surface area contributed by atoms with E-state index in [2.05, 4.69) is 6.92 Å². The maximum atomic E-state index is 12.6. The molecule has 5 nitrogen and oxygen atoms in total. The normalized spacial score (nSPS) is 16.5. The first kappa shape index (κ1) is 23.4. The van der Waals surface area contributed by atoms with E-state index in [-0.39, 0.29) is 10.2 Å². The Labute approximate surface area is 182 Å². The summed E-state index contributed by atoms with van der Waals surface area (Å²) in [5.74, 6) is -0.588. The monoisotopic (exact) mass is 435 g/mol. The quantitative estimate of drug-likeness (QED) is 0.266. The standard InChI is InChI=1S/C22H29NO4S2/c1-3-5-6-7-8-9-14-27-17-12-10-16(11-13-17)15-19-20(24)23(22(28)29-19)18(4-2)21(25)26/h10-13,15,18H,3-9,14H2,1-2H3,(H,25,26)/b19-15-/t18-/m0/s1. The van der Waals surface area contributed by atoms with Crippen molar-refractivity contribution >= 4 is 46.3 Å². The van der Waals surface area contributed by atoms with Crippen molar-refractivity contribution in [1.82, 2.24) is 4.90 Å². The number of benzene rings is 1. The minimum Gasteiger partial charge on any atom is -0.494 e. The average Bonchev–Trinajstić information content (AvgIpc) is 2.97. The van der Waals surface area contributed by atoms with Crippen molar-refractivity contribution in [2.24, 2.45) is 0 Å². The van der Waals surface area contributed by atoms with Gasteiger partial charge in [-0.25, -0.2) is 4.79 Å². The highest BCUT2D eigenvalue weighted by molar-refractivity contribution is 8.26. The van der Waals surface area contributed by atoms with E-state index in [1.807, 2.05) is 24.3 Å². The summed E-state index contributed by atoms with van der Waals surface area (Å²) in [6.07, 6.45) is 9.40. The summed E-state index contributed by atoms with van der Waals surface area (Å²) < 4.78 is 6.06. The minimum atomic E-state index is -1.04. The van der Waals surface area contributed by atoms with Gasteiger partial charge < -0.3 is 9.84 Å². The number of carboxylic acid groups (broad SMARTS) is 1. The van der Waals surface area contributed by atoms with Gasteiger partial charge in [0.05, 0.1) is 11.5 Å². The number of aliphatic carboxylic acids is 1. The van der Waals surface area contributed by atoms with Gasteiger partial charge >= 0.3 is 5.97 Å². The first-order valence-corrected chi connectivity index (χ1v) is 11.4. The second-order valence-electron chi connectivity index (χ2n) is 7.00. The molecular weight excluding hydrogens is 406 g/mol. The maximum absolute atomic E-state index is 12.6. The summed E-state index contributed by atoms with van der Waals surface area (Å²) in [4.78, 5) is 25.7. The molecule has 0 bridgehead atoms. The molecule has 29 heavy (non-hydrogen) atoms. The molecule has 158 valence electrons. The number of rotatable bonds is 12. The van der Waals surface area contributed by atoms with Gasteiger partial charge in [0.1, 0.15) is 16.1 Å². The molecule has 0 aromatic heterocycles. The second kappa shape index (κ2) is 12.0. The summed E-state index contributed by atoms with van der Waals surface area (Å²) in [6, 6.07) is 6.62. The Balaban J connectivity index is 1.90. The first-order valence-electron chi connectivity index (χ1n) is 10.2. The van der Waals surface area contributed by atoms with Crippen molar-refractivity contribution in [2.45, 2.75) is 64.8 Å². The van der Waals surface area contributed by atoms with E-state index in [4.69, 9.17) is 17.0 Å². The Kier molecular flexibility index (Phi) is 9.67. The van der Waals surface area contributed by atoms with E-state index in [0.717, 1.165) is 29.5 Å². The molecule has 1 heterocycles. The van der Waals surface area contributed by atoms with Crippen molar-refractivity contribution in [3.8, 4) is 5.75 Å².